The standard InChI is InChI=1S/C77H128O6/c1-4-7-10-13-16-19-22-25-27-29-30-31-32-33-34-35-36-37-38-39-40-41-42-43-44-45-46-48-49-52-55-58-61-64-67-70-76(79)82-73-74(72-81-75(78)69-66-63-60-57-54-51-24-21-18-15-12-9-6-3)83-77(80)71-68-65-62-59-56-53-50-47-28-26-23-20-17-14-11-8-5-2/h7,10,16,19,21,24-25,27,30-31,33-34,36-37,39-40,42-43,45-46,49,52,74H,4-6,8-9,11-15,17-18,20,22-23,26,28-29,32,35,38,41,44,47-48,50-51,53-73H2,1-3H3/b10-7-,19-16-,24-21-,27-25-,31-30-,34-33-,37-36-,40-39-,43-42-,46-45-,52-49-. The molecule has 6 heteroatoms. The topological polar surface area (TPSA) is 78.9 Å². The fraction of sp³-hybridized carbons (Fsp3) is 0.675. The molecule has 0 saturated heterocycles. The van der Waals surface area contributed by atoms with Crippen LogP contribution in [0.4, 0.5) is 0 Å². The molecule has 0 N–H and O–H groups in total. The Morgan fingerprint density at radius 1 is 0.253 bits per heavy atom. The van der Waals surface area contributed by atoms with Gasteiger partial charge in [-0.2, -0.15) is 0 Å². The van der Waals surface area contributed by atoms with Gasteiger partial charge in [0, 0.05) is 19.3 Å². The Hall–Kier alpha value is -4.45. The molecule has 0 aromatic heterocycles. The van der Waals surface area contributed by atoms with Crippen molar-refractivity contribution in [3.8, 4) is 0 Å². The second-order valence-corrected chi connectivity index (χ2v) is 22.7. The monoisotopic (exact) mass is 1150 g/mol. The first-order valence-electron chi connectivity index (χ1n) is 34.7. The summed E-state index contributed by atoms with van der Waals surface area (Å²) in [5, 5.41) is 0. The van der Waals surface area contributed by atoms with Crippen molar-refractivity contribution in [3.05, 3.63) is 134 Å². The van der Waals surface area contributed by atoms with Gasteiger partial charge in [0.25, 0.3) is 0 Å². The van der Waals surface area contributed by atoms with E-state index in [2.05, 4.69) is 154 Å². The molecule has 83 heavy (non-hydrogen) atoms. The van der Waals surface area contributed by atoms with E-state index < -0.39 is 6.10 Å². The molecular weight excluding hydrogens is 1020 g/mol. The lowest BCUT2D eigenvalue weighted by Gasteiger charge is -2.18. The lowest BCUT2D eigenvalue weighted by atomic mass is 10.0. The fourth-order valence-electron chi connectivity index (χ4n) is 9.47. The van der Waals surface area contributed by atoms with Gasteiger partial charge in [-0.3, -0.25) is 14.4 Å². The van der Waals surface area contributed by atoms with Crippen LogP contribution in [0.5, 0.6) is 0 Å². The van der Waals surface area contributed by atoms with E-state index in [-0.39, 0.29) is 31.1 Å². The highest BCUT2D eigenvalue weighted by atomic mass is 16.6. The molecule has 1 unspecified atom stereocenters. The summed E-state index contributed by atoms with van der Waals surface area (Å²) in [6.07, 6.45) is 99.0. The number of ether oxygens (including phenoxy) is 3. The second-order valence-electron chi connectivity index (χ2n) is 22.7. The van der Waals surface area contributed by atoms with Crippen molar-refractivity contribution in [2.75, 3.05) is 13.2 Å². The Bertz CT molecular complexity index is 1750. The van der Waals surface area contributed by atoms with Crippen molar-refractivity contribution >= 4 is 17.9 Å². The van der Waals surface area contributed by atoms with Crippen LogP contribution in [0.2, 0.25) is 0 Å². The highest BCUT2D eigenvalue weighted by Crippen LogP contribution is 2.16. The van der Waals surface area contributed by atoms with Crippen molar-refractivity contribution < 1.29 is 28.6 Å². The summed E-state index contributed by atoms with van der Waals surface area (Å²) in [6, 6.07) is 0. The number of carbonyl (C=O) groups is 3. The fourth-order valence-corrected chi connectivity index (χ4v) is 9.47. The minimum absolute atomic E-state index is 0.0901. The van der Waals surface area contributed by atoms with Crippen LogP contribution in [-0.2, 0) is 28.6 Å². The van der Waals surface area contributed by atoms with E-state index in [9.17, 15) is 14.4 Å². The molecule has 0 spiro atoms. The third-order valence-corrected chi connectivity index (χ3v) is 14.6. The molecule has 0 rings (SSSR count). The second kappa shape index (κ2) is 70.0. The molecule has 0 amide bonds. The van der Waals surface area contributed by atoms with Crippen molar-refractivity contribution in [2.45, 2.75) is 322 Å². The number of carbonyl (C=O) groups excluding carboxylic acids is 3. The van der Waals surface area contributed by atoms with Gasteiger partial charge in [0.15, 0.2) is 6.10 Å². The summed E-state index contributed by atoms with van der Waals surface area (Å²) in [6.45, 7) is 6.51. The van der Waals surface area contributed by atoms with Crippen molar-refractivity contribution in [3.63, 3.8) is 0 Å². The summed E-state index contributed by atoms with van der Waals surface area (Å²) in [7, 11) is 0. The summed E-state index contributed by atoms with van der Waals surface area (Å²) < 4.78 is 16.9. The van der Waals surface area contributed by atoms with Crippen LogP contribution in [0.15, 0.2) is 134 Å². The molecule has 0 aromatic rings. The van der Waals surface area contributed by atoms with Gasteiger partial charge < -0.3 is 14.2 Å². The Balaban J connectivity index is 4.32. The summed E-state index contributed by atoms with van der Waals surface area (Å²) >= 11 is 0. The average molecular weight is 1150 g/mol. The minimum atomic E-state index is -0.794. The highest BCUT2D eigenvalue weighted by Gasteiger charge is 2.19. The lowest BCUT2D eigenvalue weighted by molar-refractivity contribution is -0.167. The summed E-state index contributed by atoms with van der Waals surface area (Å²) in [4.78, 5) is 38.3. The van der Waals surface area contributed by atoms with Gasteiger partial charge in [0.1, 0.15) is 13.2 Å². The SMILES string of the molecule is CC/C=C\C/C=C\C/C=C\C/C=C\C/C=C\C/C=C\C/C=C\C/C=C\C/C=C\C/C=C\CCCCCCC(=O)OCC(COC(=O)CCCCCCC/C=C\CCCCCC)OC(=O)CCCCCCCCCCCCCCCCCCC. The van der Waals surface area contributed by atoms with E-state index in [1.165, 1.54) is 135 Å². The van der Waals surface area contributed by atoms with Gasteiger partial charge >= 0.3 is 17.9 Å². The van der Waals surface area contributed by atoms with E-state index in [0.29, 0.717) is 19.3 Å². The number of allylic oxidation sites excluding steroid dienone is 22. The first-order chi connectivity index (χ1) is 41.0. The van der Waals surface area contributed by atoms with E-state index in [4.69, 9.17) is 14.2 Å². The Morgan fingerprint density at radius 3 is 0.759 bits per heavy atom. The van der Waals surface area contributed by atoms with E-state index >= 15 is 0 Å². The molecule has 0 fully saturated rings. The Labute approximate surface area is 513 Å². The van der Waals surface area contributed by atoms with Crippen LogP contribution in [-0.4, -0.2) is 37.2 Å². The molecule has 0 heterocycles. The van der Waals surface area contributed by atoms with Crippen LogP contribution in [0.25, 0.3) is 0 Å². The van der Waals surface area contributed by atoms with Crippen LogP contribution in [0.3, 0.4) is 0 Å². The summed E-state index contributed by atoms with van der Waals surface area (Å²) in [5.74, 6) is -0.915. The maximum atomic E-state index is 12.9. The normalized spacial score (nSPS) is 13.0. The quantitative estimate of drug-likeness (QED) is 0.0261. The van der Waals surface area contributed by atoms with Gasteiger partial charge in [-0.15, -0.1) is 0 Å². The molecule has 0 bridgehead atoms. The van der Waals surface area contributed by atoms with Gasteiger partial charge in [0.2, 0.25) is 0 Å². The Kier molecular flexibility index (Phi) is 66.3. The van der Waals surface area contributed by atoms with Gasteiger partial charge in [-0.1, -0.05) is 309 Å². The smallest absolute Gasteiger partial charge is 0.306 e. The number of hydrogen-bond donors (Lipinski definition) is 0. The number of unbranched alkanes of at least 4 members (excludes halogenated alkanes) is 29. The maximum Gasteiger partial charge on any atom is 0.306 e. The number of rotatable bonds is 62. The largest absolute Gasteiger partial charge is 0.462 e. The van der Waals surface area contributed by atoms with Crippen molar-refractivity contribution in [2.24, 2.45) is 0 Å². The zero-order chi connectivity index (χ0) is 59.9. The predicted molar refractivity (Wildman–Crippen MR) is 362 cm³/mol. The molecule has 6 nitrogen and oxygen atoms in total. The van der Waals surface area contributed by atoms with Crippen LogP contribution >= 0.6 is 0 Å². The molecule has 0 aromatic carbocycles. The first kappa shape index (κ1) is 78.5. The Morgan fingerprint density at radius 2 is 0.470 bits per heavy atom. The van der Waals surface area contributed by atoms with E-state index in [0.717, 1.165) is 141 Å². The van der Waals surface area contributed by atoms with E-state index in [1.54, 1.807) is 0 Å². The zero-order valence-electron chi connectivity index (χ0n) is 54.2. The number of hydrogen-bond acceptors (Lipinski definition) is 6. The molecule has 0 saturated carbocycles. The van der Waals surface area contributed by atoms with Crippen molar-refractivity contribution in [1.82, 2.24) is 0 Å². The predicted octanol–water partition coefficient (Wildman–Crippen LogP) is 24.1. The van der Waals surface area contributed by atoms with E-state index in [1.807, 2.05) is 0 Å². The van der Waals surface area contributed by atoms with Crippen LogP contribution < -0.4 is 0 Å². The maximum absolute atomic E-state index is 12.9. The molecule has 1 atom stereocenters. The first-order valence-corrected chi connectivity index (χ1v) is 34.7. The molecule has 0 aliphatic rings. The molecule has 0 aliphatic carbocycles. The minimum Gasteiger partial charge on any atom is -0.462 e. The van der Waals surface area contributed by atoms with Gasteiger partial charge in [-0.25, -0.2) is 0 Å². The van der Waals surface area contributed by atoms with Crippen LogP contribution in [0.1, 0.15) is 316 Å². The third-order valence-electron chi connectivity index (χ3n) is 14.6. The van der Waals surface area contributed by atoms with Gasteiger partial charge in [-0.05, 0) is 122 Å². The average Bonchev–Trinajstić information content (AvgIpc) is 3.49. The highest BCUT2D eigenvalue weighted by molar-refractivity contribution is 5.71. The van der Waals surface area contributed by atoms with Crippen molar-refractivity contribution in [1.29, 1.82) is 0 Å². The third kappa shape index (κ3) is 68.2. The molecular formula is C77H128O6. The lowest BCUT2D eigenvalue weighted by Crippen LogP contribution is -2.30. The molecule has 0 aliphatic heterocycles. The van der Waals surface area contributed by atoms with Crippen LogP contribution in [0, 0.1) is 0 Å². The number of esters is 3. The zero-order valence-corrected chi connectivity index (χ0v) is 54.2. The summed E-state index contributed by atoms with van der Waals surface area (Å²) in [5.41, 5.74) is 0. The molecule has 0 radical (unpaired) electrons. The van der Waals surface area contributed by atoms with Gasteiger partial charge in [0.05, 0.1) is 0 Å². The molecule has 472 valence electrons.